The Morgan fingerprint density at radius 3 is 2.47 bits per heavy atom. The lowest BCUT2D eigenvalue weighted by atomic mass is 10.1. The summed E-state index contributed by atoms with van der Waals surface area (Å²) in [6.07, 6.45) is 1.52. The van der Waals surface area contributed by atoms with E-state index in [9.17, 15) is 9.59 Å². The smallest absolute Gasteiger partial charge is 0.268 e. The minimum Gasteiger partial charge on any atom is -0.268 e. The van der Waals surface area contributed by atoms with Crippen LogP contribution in [0.1, 0.15) is 32.0 Å². The van der Waals surface area contributed by atoms with Crippen LogP contribution in [0.4, 0.5) is 5.69 Å². The molecule has 0 unspecified atom stereocenters. The molecule has 1 aromatic carbocycles. The molecule has 0 bridgehead atoms. The zero-order valence-corrected chi connectivity index (χ0v) is 10.7. The van der Waals surface area contributed by atoms with Gasteiger partial charge in [0, 0.05) is 6.20 Å². The molecule has 0 fully saturated rings. The second-order valence-corrected chi connectivity index (χ2v) is 4.61. The number of aryl methyl sites for hydroxylation is 2. The van der Waals surface area contributed by atoms with Gasteiger partial charge in [-0.1, -0.05) is 6.07 Å². The first-order valence-electron chi connectivity index (χ1n) is 6.00. The molecule has 0 saturated heterocycles. The van der Waals surface area contributed by atoms with Crippen molar-refractivity contribution in [2.75, 3.05) is 4.90 Å². The number of pyridine rings is 1. The first-order chi connectivity index (χ1) is 9.09. The number of benzene rings is 1. The maximum absolute atomic E-state index is 12.3. The van der Waals surface area contributed by atoms with Crippen molar-refractivity contribution in [3.05, 3.63) is 58.9 Å². The molecule has 4 heteroatoms. The molecule has 94 valence electrons. The molecule has 3 rings (SSSR count). The van der Waals surface area contributed by atoms with Crippen molar-refractivity contribution in [1.82, 2.24) is 4.98 Å². The van der Waals surface area contributed by atoms with E-state index < -0.39 is 0 Å². The summed E-state index contributed by atoms with van der Waals surface area (Å²) in [5.41, 5.74) is 3.35. The predicted molar refractivity (Wildman–Crippen MR) is 71.3 cm³/mol. The molecule has 0 atom stereocenters. The van der Waals surface area contributed by atoms with Gasteiger partial charge in [-0.15, -0.1) is 0 Å². The number of aromatic nitrogens is 1. The minimum absolute atomic E-state index is 0.228. The monoisotopic (exact) mass is 252 g/mol. The van der Waals surface area contributed by atoms with E-state index in [4.69, 9.17) is 0 Å². The van der Waals surface area contributed by atoms with Crippen LogP contribution in [0.15, 0.2) is 36.5 Å². The Balaban J connectivity index is 2.11. The van der Waals surface area contributed by atoms with E-state index in [-0.39, 0.29) is 17.5 Å². The maximum Gasteiger partial charge on any atom is 0.284 e. The highest BCUT2D eigenvalue weighted by atomic mass is 16.2. The standard InChI is InChI=1S/C15H12N2O2/c1-9-5-6-11(8-10(9)2)17-14(18)12-4-3-7-16-13(12)15(17)19/h3-8H,1-2H3. The molecular weight excluding hydrogens is 240 g/mol. The van der Waals surface area contributed by atoms with Crippen LogP contribution < -0.4 is 4.90 Å². The molecule has 1 aromatic heterocycles. The Morgan fingerprint density at radius 1 is 1.00 bits per heavy atom. The van der Waals surface area contributed by atoms with Gasteiger partial charge in [0.15, 0.2) is 0 Å². The fourth-order valence-electron chi connectivity index (χ4n) is 2.17. The van der Waals surface area contributed by atoms with Crippen molar-refractivity contribution in [1.29, 1.82) is 0 Å². The second-order valence-electron chi connectivity index (χ2n) is 4.61. The third kappa shape index (κ3) is 1.64. The number of hydrogen-bond acceptors (Lipinski definition) is 3. The van der Waals surface area contributed by atoms with Gasteiger partial charge in [-0.2, -0.15) is 0 Å². The van der Waals surface area contributed by atoms with Gasteiger partial charge in [0.1, 0.15) is 5.69 Å². The summed E-state index contributed by atoms with van der Waals surface area (Å²) in [7, 11) is 0. The average molecular weight is 252 g/mol. The number of anilines is 1. The number of nitrogens with zero attached hydrogens (tertiary/aromatic N) is 2. The highest BCUT2D eigenvalue weighted by Gasteiger charge is 2.37. The second kappa shape index (κ2) is 4.02. The van der Waals surface area contributed by atoms with Gasteiger partial charge in [0.05, 0.1) is 11.3 Å². The van der Waals surface area contributed by atoms with Crippen molar-refractivity contribution < 1.29 is 9.59 Å². The van der Waals surface area contributed by atoms with Crippen LogP contribution >= 0.6 is 0 Å². The molecule has 1 aliphatic heterocycles. The molecule has 0 radical (unpaired) electrons. The Kier molecular flexibility index (Phi) is 2.45. The highest BCUT2D eigenvalue weighted by Crippen LogP contribution is 2.28. The molecule has 19 heavy (non-hydrogen) atoms. The van der Waals surface area contributed by atoms with E-state index in [0.29, 0.717) is 11.3 Å². The predicted octanol–water partition coefficient (Wildman–Crippen LogP) is 2.50. The normalized spacial score (nSPS) is 13.9. The van der Waals surface area contributed by atoms with E-state index >= 15 is 0 Å². The van der Waals surface area contributed by atoms with Gasteiger partial charge < -0.3 is 0 Å². The van der Waals surface area contributed by atoms with Crippen LogP contribution in [-0.2, 0) is 0 Å². The number of fused-ring (bicyclic) bond motifs is 1. The molecule has 2 heterocycles. The Hall–Kier alpha value is -2.49. The molecule has 2 aromatic rings. The number of imide groups is 1. The molecule has 0 saturated carbocycles. The molecule has 2 amide bonds. The fraction of sp³-hybridized carbons (Fsp3) is 0.133. The fourth-order valence-corrected chi connectivity index (χ4v) is 2.17. The quantitative estimate of drug-likeness (QED) is 0.733. The van der Waals surface area contributed by atoms with Gasteiger partial charge in [0.25, 0.3) is 11.8 Å². The van der Waals surface area contributed by atoms with Crippen molar-refractivity contribution >= 4 is 17.5 Å². The number of hydrogen-bond donors (Lipinski definition) is 0. The first-order valence-corrected chi connectivity index (χ1v) is 6.00. The van der Waals surface area contributed by atoms with Crippen molar-refractivity contribution in [2.45, 2.75) is 13.8 Å². The van der Waals surface area contributed by atoms with Gasteiger partial charge in [0.2, 0.25) is 0 Å². The van der Waals surface area contributed by atoms with E-state index in [2.05, 4.69) is 4.98 Å². The first kappa shape index (κ1) is 11.6. The third-order valence-corrected chi connectivity index (χ3v) is 3.40. The van der Waals surface area contributed by atoms with E-state index in [1.165, 1.54) is 11.1 Å². The van der Waals surface area contributed by atoms with E-state index in [1.54, 1.807) is 18.2 Å². The number of carbonyl (C=O) groups excluding carboxylic acids is 2. The van der Waals surface area contributed by atoms with Gasteiger partial charge in [-0.05, 0) is 49.2 Å². The van der Waals surface area contributed by atoms with E-state index in [0.717, 1.165) is 11.1 Å². The van der Waals surface area contributed by atoms with Crippen LogP contribution in [0.5, 0.6) is 0 Å². The summed E-state index contributed by atoms with van der Waals surface area (Å²) >= 11 is 0. The number of amides is 2. The summed E-state index contributed by atoms with van der Waals surface area (Å²) in [5, 5.41) is 0. The van der Waals surface area contributed by atoms with Gasteiger partial charge >= 0.3 is 0 Å². The molecular formula is C15H12N2O2. The number of rotatable bonds is 1. The zero-order valence-electron chi connectivity index (χ0n) is 10.7. The van der Waals surface area contributed by atoms with Crippen LogP contribution in [0.25, 0.3) is 0 Å². The number of carbonyl (C=O) groups is 2. The molecule has 1 aliphatic rings. The lowest BCUT2D eigenvalue weighted by Gasteiger charge is -2.14. The van der Waals surface area contributed by atoms with Gasteiger partial charge in [-0.25, -0.2) is 4.90 Å². The molecule has 4 nitrogen and oxygen atoms in total. The van der Waals surface area contributed by atoms with Crippen LogP contribution in [-0.4, -0.2) is 16.8 Å². The van der Waals surface area contributed by atoms with Crippen LogP contribution in [0.3, 0.4) is 0 Å². The average Bonchev–Trinajstić information content (AvgIpc) is 2.66. The lowest BCUT2D eigenvalue weighted by Crippen LogP contribution is -2.29. The SMILES string of the molecule is Cc1ccc(N2C(=O)c3cccnc3C2=O)cc1C. The molecule has 0 N–H and O–H groups in total. The third-order valence-electron chi connectivity index (χ3n) is 3.40. The summed E-state index contributed by atoms with van der Waals surface area (Å²) in [6, 6.07) is 8.82. The van der Waals surface area contributed by atoms with Crippen LogP contribution in [0, 0.1) is 13.8 Å². The van der Waals surface area contributed by atoms with E-state index in [1.807, 2.05) is 26.0 Å². The summed E-state index contributed by atoms with van der Waals surface area (Å²) in [5.74, 6) is -0.666. The summed E-state index contributed by atoms with van der Waals surface area (Å²) in [4.78, 5) is 29.7. The van der Waals surface area contributed by atoms with Crippen molar-refractivity contribution in [2.24, 2.45) is 0 Å². The van der Waals surface area contributed by atoms with Gasteiger partial charge in [-0.3, -0.25) is 14.6 Å². The Morgan fingerprint density at radius 2 is 1.79 bits per heavy atom. The highest BCUT2D eigenvalue weighted by molar-refractivity contribution is 6.33. The molecule has 0 spiro atoms. The lowest BCUT2D eigenvalue weighted by molar-refractivity contribution is 0.0924. The van der Waals surface area contributed by atoms with Crippen molar-refractivity contribution in [3.63, 3.8) is 0 Å². The summed E-state index contributed by atoms with van der Waals surface area (Å²) < 4.78 is 0. The van der Waals surface area contributed by atoms with Crippen LogP contribution in [0.2, 0.25) is 0 Å². The minimum atomic E-state index is -0.358. The Bertz CT molecular complexity index is 672. The largest absolute Gasteiger partial charge is 0.284 e. The maximum atomic E-state index is 12.3. The van der Waals surface area contributed by atoms with Crippen molar-refractivity contribution in [3.8, 4) is 0 Å². The molecule has 0 aliphatic carbocycles. The Labute approximate surface area is 110 Å². The topological polar surface area (TPSA) is 50.3 Å². The zero-order chi connectivity index (χ0) is 13.6. The summed E-state index contributed by atoms with van der Waals surface area (Å²) in [6.45, 7) is 3.94.